The number of hydrogen-bond acceptors (Lipinski definition) is 6. The molecule has 3 saturated heterocycles. The van der Waals surface area contributed by atoms with E-state index >= 15 is 0 Å². The Balaban J connectivity index is 1.57. The highest BCUT2D eigenvalue weighted by atomic mass is 32.2. The molecule has 8 nitrogen and oxygen atoms in total. The zero-order valence-corrected chi connectivity index (χ0v) is 27.6. The number of fused-ring (bicyclic) bond motifs is 1. The predicted octanol–water partition coefficient (Wildman–Crippen LogP) is 5.16. The van der Waals surface area contributed by atoms with Crippen LogP contribution in [0, 0.1) is 31.6 Å². The van der Waals surface area contributed by atoms with Crippen LogP contribution in [0.2, 0.25) is 0 Å². The summed E-state index contributed by atoms with van der Waals surface area (Å²) in [5, 5.41) is 9.68. The molecule has 0 aromatic heterocycles. The first-order chi connectivity index (χ1) is 21.6. The Morgan fingerprint density at radius 3 is 2.42 bits per heavy atom. The van der Waals surface area contributed by atoms with Crippen LogP contribution >= 0.6 is 11.8 Å². The number of aliphatic hydroxyl groups is 1. The van der Waals surface area contributed by atoms with E-state index in [1.54, 1.807) is 38.6 Å². The van der Waals surface area contributed by atoms with Gasteiger partial charge in [-0.1, -0.05) is 31.2 Å². The van der Waals surface area contributed by atoms with E-state index in [0.29, 0.717) is 25.3 Å². The molecule has 45 heavy (non-hydrogen) atoms. The molecule has 2 bridgehead atoms. The van der Waals surface area contributed by atoms with E-state index in [2.05, 4.69) is 20.1 Å². The Kier molecular flexibility index (Phi) is 9.80. The average molecular weight is 632 g/mol. The van der Waals surface area contributed by atoms with Gasteiger partial charge in [-0.15, -0.1) is 24.9 Å². The molecule has 2 aromatic carbocycles. The normalized spacial score (nSPS) is 26.5. The molecule has 0 aliphatic carbocycles. The highest BCUT2D eigenvalue weighted by molar-refractivity contribution is 8.02. The number of ether oxygens (including phenoxy) is 1. The van der Waals surface area contributed by atoms with E-state index in [9.17, 15) is 19.5 Å². The average Bonchev–Trinajstić information content (AvgIpc) is 3.62. The van der Waals surface area contributed by atoms with Gasteiger partial charge < -0.3 is 24.5 Å². The minimum Gasteiger partial charge on any atom is -0.494 e. The SMILES string of the molecule is C=CCN(C(=O)[C@@H]1[C@H]2C(=O)N(CCCO)C(C(=O)N(CC=C)c3cc(C)ccc3C)C23S[C@@H]1CC3C)c1ccc(OCC)cc1. The maximum absolute atomic E-state index is 14.9. The maximum atomic E-state index is 14.9. The minimum absolute atomic E-state index is 0.0288. The molecule has 3 amide bonds. The van der Waals surface area contributed by atoms with Crippen molar-refractivity contribution in [2.24, 2.45) is 17.8 Å². The Labute approximate surface area is 271 Å². The summed E-state index contributed by atoms with van der Waals surface area (Å²) in [5.74, 6) is -0.969. The van der Waals surface area contributed by atoms with Crippen molar-refractivity contribution < 1.29 is 24.2 Å². The first-order valence-corrected chi connectivity index (χ1v) is 16.8. The maximum Gasteiger partial charge on any atom is 0.251 e. The zero-order valence-electron chi connectivity index (χ0n) is 26.8. The number of aryl methyl sites for hydroxylation is 2. The largest absolute Gasteiger partial charge is 0.494 e. The molecular formula is C36H45N3O5S. The van der Waals surface area contributed by atoms with Crippen molar-refractivity contribution in [3.8, 4) is 5.75 Å². The summed E-state index contributed by atoms with van der Waals surface area (Å²) in [5.41, 5.74) is 3.48. The third-order valence-corrected chi connectivity index (χ3v) is 11.7. The summed E-state index contributed by atoms with van der Waals surface area (Å²) >= 11 is 1.66. The van der Waals surface area contributed by atoms with Gasteiger partial charge in [-0.05, 0) is 81.0 Å². The van der Waals surface area contributed by atoms with Crippen molar-refractivity contribution in [2.75, 3.05) is 42.6 Å². The van der Waals surface area contributed by atoms with Gasteiger partial charge in [0.15, 0.2) is 0 Å². The van der Waals surface area contributed by atoms with Gasteiger partial charge in [0.1, 0.15) is 11.8 Å². The van der Waals surface area contributed by atoms with Gasteiger partial charge in [-0.2, -0.15) is 0 Å². The molecule has 240 valence electrons. The van der Waals surface area contributed by atoms with Crippen LogP contribution in [0.1, 0.15) is 37.8 Å². The standard InChI is InChI=1S/C36H45N3O5S/c1-7-17-37(26-13-15-27(16-14-26)44-9-3)33(41)30-29-22-25(6)36(45-29)31(30)34(42)39(19-10-20-40)32(36)35(43)38(18-8-2)28-21-23(4)11-12-24(28)5/h7-8,11-16,21,25,29-32,40H,1-2,9-10,17-20,22H2,3-6H3/t25?,29-,30+,31+,32?,36?/m1/s1. The Morgan fingerprint density at radius 1 is 1.09 bits per heavy atom. The summed E-state index contributed by atoms with van der Waals surface area (Å²) in [7, 11) is 0. The van der Waals surface area contributed by atoms with Crippen LogP contribution in [0.5, 0.6) is 5.75 Å². The van der Waals surface area contributed by atoms with Crippen molar-refractivity contribution in [1.29, 1.82) is 0 Å². The number of benzene rings is 2. The van der Waals surface area contributed by atoms with Crippen LogP contribution in [0.15, 0.2) is 67.8 Å². The number of hydrogen-bond donors (Lipinski definition) is 1. The molecule has 1 spiro atoms. The van der Waals surface area contributed by atoms with Gasteiger partial charge in [-0.3, -0.25) is 14.4 Å². The van der Waals surface area contributed by atoms with Gasteiger partial charge in [0.2, 0.25) is 11.8 Å². The molecule has 9 heteroatoms. The number of carbonyl (C=O) groups excluding carboxylic acids is 3. The molecular weight excluding hydrogens is 586 g/mol. The second kappa shape index (κ2) is 13.4. The lowest BCUT2D eigenvalue weighted by atomic mass is 9.65. The Bertz CT molecular complexity index is 1460. The van der Waals surface area contributed by atoms with Gasteiger partial charge in [0, 0.05) is 42.9 Å². The van der Waals surface area contributed by atoms with Gasteiger partial charge in [0.25, 0.3) is 5.91 Å². The van der Waals surface area contributed by atoms with E-state index in [1.807, 2.05) is 63.2 Å². The van der Waals surface area contributed by atoms with Crippen molar-refractivity contribution in [1.82, 2.24) is 4.90 Å². The van der Waals surface area contributed by atoms with Crippen LogP contribution in [0.25, 0.3) is 0 Å². The second-order valence-corrected chi connectivity index (χ2v) is 13.9. The molecule has 5 rings (SSSR count). The number of aliphatic hydroxyl groups excluding tert-OH is 1. The number of amides is 3. The number of nitrogens with zero attached hydrogens (tertiary/aromatic N) is 3. The fraction of sp³-hybridized carbons (Fsp3) is 0.472. The molecule has 3 unspecified atom stereocenters. The summed E-state index contributed by atoms with van der Waals surface area (Å²) in [6, 6.07) is 12.6. The highest BCUT2D eigenvalue weighted by Crippen LogP contribution is 2.69. The summed E-state index contributed by atoms with van der Waals surface area (Å²) in [6.07, 6.45) is 4.49. The predicted molar refractivity (Wildman–Crippen MR) is 181 cm³/mol. The fourth-order valence-electron chi connectivity index (χ4n) is 7.68. The highest BCUT2D eigenvalue weighted by Gasteiger charge is 2.76. The number of anilines is 2. The molecule has 3 aliphatic heterocycles. The van der Waals surface area contributed by atoms with E-state index in [1.165, 1.54) is 0 Å². The fourth-order valence-corrected chi connectivity index (χ4v) is 10.1. The van der Waals surface area contributed by atoms with Crippen LogP contribution in [0.3, 0.4) is 0 Å². The Hall–Kier alpha value is -3.56. The third-order valence-electron chi connectivity index (χ3n) is 9.59. The second-order valence-electron chi connectivity index (χ2n) is 12.4. The lowest BCUT2D eigenvalue weighted by Gasteiger charge is -2.41. The van der Waals surface area contributed by atoms with Crippen LogP contribution in [-0.4, -0.2) is 76.6 Å². The van der Waals surface area contributed by atoms with Gasteiger partial charge >= 0.3 is 0 Å². The lowest BCUT2D eigenvalue weighted by Crippen LogP contribution is -2.58. The first kappa shape index (κ1) is 32.8. The van der Waals surface area contributed by atoms with Crippen LogP contribution in [-0.2, 0) is 14.4 Å². The molecule has 3 fully saturated rings. The van der Waals surface area contributed by atoms with Crippen LogP contribution < -0.4 is 14.5 Å². The van der Waals surface area contributed by atoms with Gasteiger partial charge in [0.05, 0.1) is 23.2 Å². The molecule has 0 saturated carbocycles. The zero-order chi connectivity index (χ0) is 32.5. The molecule has 6 atom stereocenters. The van der Waals surface area contributed by atoms with E-state index in [4.69, 9.17) is 4.74 Å². The number of thioether (sulfide) groups is 1. The van der Waals surface area contributed by atoms with Crippen LogP contribution in [0.4, 0.5) is 11.4 Å². The van der Waals surface area contributed by atoms with E-state index < -0.39 is 22.6 Å². The molecule has 3 aliphatic rings. The Morgan fingerprint density at radius 2 is 1.78 bits per heavy atom. The first-order valence-electron chi connectivity index (χ1n) is 15.9. The van der Waals surface area contributed by atoms with Crippen molar-refractivity contribution >= 4 is 40.9 Å². The topological polar surface area (TPSA) is 90.4 Å². The van der Waals surface area contributed by atoms with Crippen molar-refractivity contribution in [3.63, 3.8) is 0 Å². The molecule has 0 radical (unpaired) electrons. The van der Waals surface area contributed by atoms with E-state index in [0.717, 1.165) is 29.0 Å². The lowest BCUT2D eigenvalue weighted by molar-refractivity contribution is -0.139. The molecule has 2 aromatic rings. The summed E-state index contributed by atoms with van der Waals surface area (Å²) < 4.78 is 4.83. The van der Waals surface area contributed by atoms with Gasteiger partial charge in [-0.25, -0.2) is 0 Å². The van der Waals surface area contributed by atoms with Crippen molar-refractivity contribution in [3.05, 3.63) is 78.9 Å². The third kappa shape index (κ3) is 5.58. The summed E-state index contributed by atoms with van der Waals surface area (Å²) in [4.78, 5) is 49.2. The minimum atomic E-state index is -0.775. The monoisotopic (exact) mass is 631 g/mol. The molecule has 3 heterocycles. The number of likely N-dealkylation sites (tertiary alicyclic amines) is 1. The summed E-state index contributed by atoms with van der Waals surface area (Å²) in [6.45, 7) is 17.1. The number of carbonyl (C=O) groups is 3. The molecule has 1 N–H and O–H groups in total. The smallest absolute Gasteiger partial charge is 0.251 e. The number of rotatable bonds is 13. The van der Waals surface area contributed by atoms with Crippen molar-refractivity contribution in [2.45, 2.75) is 56.6 Å². The van der Waals surface area contributed by atoms with E-state index in [-0.39, 0.29) is 48.6 Å². The quantitative estimate of drug-likeness (QED) is 0.307.